The third-order valence-electron chi connectivity index (χ3n) is 7.30. The molecule has 35 heavy (non-hydrogen) atoms. The van der Waals surface area contributed by atoms with Crippen molar-refractivity contribution in [2.75, 3.05) is 0 Å². The molecule has 2 nitrogen and oxygen atoms in total. The van der Waals surface area contributed by atoms with Gasteiger partial charge in [-0.15, -0.1) is 0 Å². The molecule has 0 unspecified atom stereocenters. The van der Waals surface area contributed by atoms with Crippen molar-refractivity contribution in [3.8, 4) is 22.8 Å². The summed E-state index contributed by atoms with van der Waals surface area (Å²) in [6.07, 6.45) is -2.42. The van der Waals surface area contributed by atoms with E-state index in [-0.39, 0.29) is 11.8 Å². The minimum Gasteiger partial charge on any atom is -0.455 e. The predicted molar refractivity (Wildman–Crippen MR) is 135 cm³/mol. The van der Waals surface area contributed by atoms with E-state index in [9.17, 15) is 13.2 Å². The summed E-state index contributed by atoms with van der Waals surface area (Å²) in [6, 6.07) is 14.0. The van der Waals surface area contributed by atoms with Gasteiger partial charge in [0.1, 0.15) is 18.5 Å². The van der Waals surface area contributed by atoms with Gasteiger partial charge >= 0.3 is 6.18 Å². The molecule has 5 heteroatoms. The molecule has 0 radical (unpaired) electrons. The molecular weight excluding hydrogens is 447 g/mol. The van der Waals surface area contributed by atoms with E-state index in [1.54, 1.807) is 6.07 Å². The van der Waals surface area contributed by atoms with Crippen molar-refractivity contribution in [2.24, 2.45) is 12.5 Å². The standard InChI is InChI=1S/C30H31F3NO/c1-17-20-10-8-9-11-21(20)25(28(2,3)4)27-23(17)26-24-19(12-13-34(26)7)14-18(15-22(24)35-27)16-29(5,6)30(31,32)33/h8-15H,16H2,1-7H3/q+1. The predicted octanol–water partition coefficient (Wildman–Crippen LogP) is 8.33. The second kappa shape index (κ2) is 7.46. The first-order valence-corrected chi connectivity index (χ1v) is 12.0. The van der Waals surface area contributed by atoms with Crippen LogP contribution in [-0.4, -0.2) is 6.18 Å². The Balaban J connectivity index is 1.86. The Morgan fingerprint density at radius 3 is 2.20 bits per heavy atom. The Morgan fingerprint density at radius 2 is 1.57 bits per heavy atom. The fourth-order valence-electron chi connectivity index (χ4n) is 5.44. The topological polar surface area (TPSA) is 13.1 Å². The number of hydrogen-bond donors (Lipinski definition) is 0. The van der Waals surface area contributed by atoms with Crippen LogP contribution >= 0.6 is 0 Å². The number of aryl methyl sites for hydroxylation is 2. The number of pyridine rings is 1. The highest BCUT2D eigenvalue weighted by Gasteiger charge is 2.47. The molecule has 4 aromatic rings. The maximum absolute atomic E-state index is 13.7. The number of benzene rings is 3. The van der Waals surface area contributed by atoms with Crippen molar-refractivity contribution >= 4 is 21.5 Å². The zero-order valence-corrected chi connectivity index (χ0v) is 21.3. The summed E-state index contributed by atoms with van der Waals surface area (Å²) in [7, 11) is 2.01. The van der Waals surface area contributed by atoms with Crippen molar-refractivity contribution in [3.63, 3.8) is 0 Å². The van der Waals surface area contributed by atoms with Crippen molar-refractivity contribution in [2.45, 2.75) is 59.6 Å². The first kappa shape index (κ1) is 23.7. The molecule has 0 N–H and O–H groups in total. The summed E-state index contributed by atoms with van der Waals surface area (Å²) in [5.41, 5.74) is 2.90. The van der Waals surface area contributed by atoms with Gasteiger partial charge in [-0.05, 0) is 52.1 Å². The van der Waals surface area contributed by atoms with E-state index in [0.29, 0.717) is 11.3 Å². The first-order valence-electron chi connectivity index (χ1n) is 12.0. The van der Waals surface area contributed by atoms with E-state index >= 15 is 0 Å². The summed E-state index contributed by atoms with van der Waals surface area (Å²) in [5, 5.41) is 4.15. The van der Waals surface area contributed by atoms with E-state index < -0.39 is 11.6 Å². The Kier molecular flexibility index (Phi) is 5.04. The number of halogens is 3. The summed E-state index contributed by atoms with van der Waals surface area (Å²) >= 11 is 0. The third-order valence-corrected chi connectivity index (χ3v) is 7.30. The number of fused-ring (bicyclic) bond motifs is 3. The van der Waals surface area contributed by atoms with E-state index in [1.165, 1.54) is 19.2 Å². The highest BCUT2D eigenvalue weighted by molar-refractivity contribution is 6.07. The third kappa shape index (κ3) is 3.59. The number of ether oxygens (including phenoxy) is 1. The van der Waals surface area contributed by atoms with Gasteiger partial charge in [-0.25, -0.2) is 4.57 Å². The lowest BCUT2D eigenvalue weighted by molar-refractivity contribution is -0.659. The van der Waals surface area contributed by atoms with Crippen LogP contribution in [0.25, 0.3) is 32.8 Å². The molecule has 0 amide bonds. The second-order valence-corrected chi connectivity index (χ2v) is 11.5. The Hall–Kier alpha value is -3.08. The molecular formula is C30H31F3NO+. The minimum atomic E-state index is -4.30. The van der Waals surface area contributed by atoms with Crippen LogP contribution in [-0.2, 0) is 18.9 Å². The van der Waals surface area contributed by atoms with Crippen LogP contribution in [0.5, 0.6) is 11.5 Å². The molecule has 182 valence electrons. The quantitative estimate of drug-likeness (QED) is 0.233. The largest absolute Gasteiger partial charge is 0.455 e. The fourth-order valence-corrected chi connectivity index (χ4v) is 5.44. The molecule has 0 bridgehead atoms. The SMILES string of the molecule is Cc1c2c(c(C(C)(C)C)c3ccccc13)Oc1cc(CC(C)(C)C(F)(F)F)cc3cc[n+](C)c-2c13. The number of alkyl halides is 3. The van der Waals surface area contributed by atoms with E-state index in [1.807, 2.05) is 31.4 Å². The smallest absolute Gasteiger partial charge is 0.394 e. The van der Waals surface area contributed by atoms with Gasteiger partial charge in [-0.1, -0.05) is 65.0 Å². The van der Waals surface area contributed by atoms with Crippen LogP contribution < -0.4 is 9.30 Å². The Morgan fingerprint density at radius 1 is 0.914 bits per heavy atom. The van der Waals surface area contributed by atoms with Gasteiger partial charge in [0.15, 0.2) is 6.20 Å². The highest BCUT2D eigenvalue weighted by atomic mass is 19.4. The number of hydrogen-bond acceptors (Lipinski definition) is 1. The van der Waals surface area contributed by atoms with Gasteiger partial charge in [0.2, 0.25) is 5.69 Å². The average Bonchev–Trinajstić information content (AvgIpc) is 2.73. The molecule has 0 saturated carbocycles. The normalized spacial score (nSPS) is 13.8. The van der Waals surface area contributed by atoms with Gasteiger partial charge in [0.25, 0.3) is 0 Å². The monoisotopic (exact) mass is 478 g/mol. The number of nitrogens with zero attached hydrogens (tertiary/aromatic N) is 1. The van der Waals surface area contributed by atoms with Crippen LogP contribution in [0.4, 0.5) is 13.2 Å². The van der Waals surface area contributed by atoms with Gasteiger partial charge in [0, 0.05) is 11.6 Å². The van der Waals surface area contributed by atoms with Crippen LogP contribution in [0.3, 0.4) is 0 Å². The zero-order chi connectivity index (χ0) is 25.5. The van der Waals surface area contributed by atoms with Crippen molar-refractivity contribution < 1.29 is 22.5 Å². The maximum Gasteiger partial charge on any atom is 0.394 e. The number of aromatic nitrogens is 1. The lowest BCUT2D eigenvalue weighted by atomic mass is 9.78. The van der Waals surface area contributed by atoms with E-state index in [4.69, 9.17) is 4.74 Å². The molecule has 0 aliphatic carbocycles. The average molecular weight is 479 g/mol. The first-order chi connectivity index (χ1) is 16.2. The molecule has 1 aliphatic heterocycles. The maximum atomic E-state index is 13.7. The van der Waals surface area contributed by atoms with Crippen LogP contribution in [0.15, 0.2) is 48.7 Å². The van der Waals surface area contributed by atoms with Crippen LogP contribution in [0.2, 0.25) is 0 Å². The zero-order valence-electron chi connectivity index (χ0n) is 21.3. The molecule has 0 atom stereocenters. The molecule has 1 aliphatic rings. The second-order valence-electron chi connectivity index (χ2n) is 11.5. The molecule has 1 aromatic heterocycles. The molecule has 0 saturated heterocycles. The van der Waals surface area contributed by atoms with Gasteiger partial charge in [0.05, 0.1) is 16.4 Å². The van der Waals surface area contributed by atoms with Gasteiger partial charge in [-0.3, -0.25) is 0 Å². The molecule has 3 aromatic carbocycles. The van der Waals surface area contributed by atoms with Crippen molar-refractivity contribution in [1.29, 1.82) is 0 Å². The molecule has 5 rings (SSSR count). The lowest BCUT2D eigenvalue weighted by Gasteiger charge is -2.31. The molecule has 0 spiro atoms. The lowest BCUT2D eigenvalue weighted by Crippen LogP contribution is -2.34. The van der Waals surface area contributed by atoms with Crippen LogP contribution in [0, 0.1) is 12.3 Å². The van der Waals surface area contributed by atoms with Gasteiger partial charge < -0.3 is 4.74 Å². The Labute approximate surface area is 204 Å². The minimum absolute atomic E-state index is 0.116. The fraction of sp³-hybridized carbons (Fsp3) is 0.367. The Bertz CT molecular complexity index is 1510. The number of rotatable bonds is 2. The van der Waals surface area contributed by atoms with E-state index in [0.717, 1.165) is 44.3 Å². The highest BCUT2D eigenvalue weighted by Crippen LogP contribution is 2.53. The molecule has 2 heterocycles. The summed E-state index contributed by atoms with van der Waals surface area (Å²) in [6.45, 7) is 11.1. The summed E-state index contributed by atoms with van der Waals surface area (Å²) < 4.78 is 49.8. The summed E-state index contributed by atoms with van der Waals surface area (Å²) in [5.74, 6) is 1.42. The van der Waals surface area contributed by atoms with Crippen molar-refractivity contribution in [1.82, 2.24) is 0 Å². The van der Waals surface area contributed by atoms with Crippen molar-refractivity contribution in [3.05, 3.63) is 65.4 Å². The van der Waals surface area contributed by atoms with Gasteiger partial charge in [-0.2, -0.15) is 13.2 Å². The summed E-state index contributed by atoms with van der Waals surface area (Å²) in [4.78, 5) is 0. The van der Waals surface area contributed by atoms with E-state index in [2.05, 4.69) is 50.5 Å². The van der Waals surface area contributed by atoms with Crippen LogP contribution in [0.1, 0.15) is 51.3 Å². The molecule has 0 fully saturated rings.